The van der Waals surface area contributed by atoms with Crippen molar-refractivity contribution >= 4 is 0 Å². The summed E-state index contributed by atoms with van der Waals surface area (Å²) < 4.78 is 0. The van der Waals surface area contributed by atoms with Crippen LogP contribution in [0.4, 0.5) is 0 Å². The van der Waals surface area contributed by atoms with Gasteiger partial charge in [0.2, 0.25) is 0 Å². The summed E-state index contributed by atoms with van der Waals surface area (Å²) in [5, 5.41) is 69.1. The predicted molar refractivity (Wildman–Crippen MR) is 128 cm³/mol. The maximum absolute atomic E-state index is 9.89. The van der Waals surface area contributed by atoms with E-state index in [9.17, 15) is 20.4 Å². The van der Waals surface area contributed by atoms with Gasteiger partial charge < -0.3 is 51.1 Å². The van der Waals surface area contributed by atoms with Gasteiger partial charge >= 0.3 is 16.5 Å². The van der Waals surface area contributed by atoms with E-state index in [-0.39, 0.29) is 39.3 Å². The largest absolute Gasteiger partial charge is 2.00 e. The third-order valence-electron chi connectivity index (χ3n) is 4.09. The van der Waals surface area contributed by atoms with Gasteiger partial charge in [0.05, 0.1) is 10.2 Å². The quantitative estimate of drug-likeness (QED) is 0.112. The predicted octanol–water partition coefficient (Wildman–Crippen LogP) is 0.844. The Morgan fingerprint density at radius 2 is 0.667 bits per heavy atom. The molecule has 16 nitrogen and oxygen atoms in total. The van der Waals surface area contributed by atoms with Crippen molar-refractivity contribution in [3.8, 4) is 0 Å². The fourth-order valence-corrected chi connectivity index (χ4v) is 2.54. The first-order chi connectivity index (χ1) is 17.9. The van der Waals surface area contributed by atoms with Gasteiger partial charge in [-0.3, -0.25) is 19.9 Å². The van der Waals surface area contributed by atoms with Crippen LogP contribution >= 0.6 is 0 Å². The Kier molecular flexibility index (Phi) is 14.9. The zero-order valence-corrected chi connectivity index (χ0v) is 20.5. The molecule has 4 aromatic heterocycles. The van der Waals surface area contributed by atoms with E-state index in [0.29, 0.717) is 0 Å². The molecule has 0 saturated carbocycles. The summed E-state index contributed by atoms with van der Waals surface area (Å²) >= 11 is 0. The molecular formula is C22H20N6NiO10. The van der Waals surface area contributed by atoms with Crippen LogP contribution in [0.5, 0.6) is 0 Å². The second kappa shape index (κ2) is 17.0. The van der Waals surface area contributed by atoms with Gasteiger partial charge in [0.25, 0.3) is 11.6 Å². The molecule has 0 aliphatic carbocycles. The second-order valence-electron chi connectivity index (χ2n) is 6.65. The third kappa shape index (κ3) is 12.4. The van der Waals surface area contributed by atoms with E-state index in [1.54, 1.807) is 48.5 Å². The maximum Gasteiger partial charge on any atom is 2.00 e. The van der Waals surface area contributed by atoms with Gasteiger partial charge in [0, 0.05) is 24.8 Å². The summed E-state index contributed by atoms with van der Waals surface area (Å²) in [5.41, 5.74) is 0.625. The van der Waals surface area contributed by atoms with E-state index in [0.717, 1.165) is 0 Å². The standard InChI is InChI=1S/2C11H10N2O2.2NO3.Ni/c2*14-11(15,9-5-1-3-7-12-9)10-6-2-4-8-13-10;2*2-1(3)4;/h2*1-8,14-15H;;;/q;;2*-1;+2. The molecule has 0 saturated heterocycles. The monoisotopic (exact) mass is 586 g/mol. The molecule has 0 bridgehead atoms. The van der Waals surface area contributed by atoms with Crippen LogP contribution in [-0.2, 0) is 28.1 Å². The molecule has 0 amide bonds. The molecule has 4 heterocycles. The van der Waals surface area contributed by atoms with Gasteiger partial charge in [-0.05, 0) is 48.5 Å². The molecule has 4 aromatic rings. The average Bonchev–Trinajstić information content (AvgIpc) is 2.90. The Labute approximate surface area is 229 Å². The molecule has 208 valence electrons. The van der Waals surface area contributed by atoms with Crippen molar-refractivity contribution in [1.82, 2.24) is 19.9 Å². The van der Waals surface area contributed by atoms with Crippen molar-refractivity contribution in [3.63, 3.8) is 0 Å². The zero-order chi connectivity index (χ0) is 28.6. The van der Waals surface area contributed by atoms with Crippen LogP contribution in [0.3, 0.4) is 0 Å². The number of pyridine rings is 4. The second-order valence-corrected chi connectivity index (χ2v) is 6.65. The van der Waals surface area contributed by atoms with Crippen molar-refractivity contribution in [2.24, 2.45) is 0 Å². The summed E-state index contributed by atoms with van der Waals surface area (Å²) in [6.45, 7) is 0. The molecule has 0 aliphatic heterocycles. The van der Waals surface area contributed by atoms with Crippen molar-refractivity contribution < 1.29 is 47.1 Å². The molecule has 4 N–H and O–H groups in total. The molecular weight excluding hydrogens is 567 g/mol. The Morgan fingerprint density at radius 1 is 0.487 bits per heavy atom. The fourth-order valence-electron chi connectivity index (χ4n) is 2.54. The van der Waals surface area contributed by atoms with E-state index in [4.69, 9.17) is 30.6 Å². The number of aromatic nitrogens is 4. The van der Waals surface area contributed by atoms with Gasteiger partial charge in [0.1, 0.15) is 22.8 Å². The maximum atomic E-state index is 9.89. The smallest absolute Gasteiger partial charge is 0.356 e. The van der Waals surface area contributed by atoms with E-state index in [2.05, 4.69) is 19.9 Å². The van der Waals surface area contributed by atoms with Crippen LogP contribution in [0, 0.1) is 30.6 Å². The normalized spacial score (nSPS) is 9.95. The van der Waals surface area contributed by atoms with E-state index < -0.39 is 21.7 Å². The first-order valence-corrected chi connectivity index (χ1v) is 10.1. The molecule has 0 atom stereocenters. The van der Waals surface area contributed by atoms with Gasteiger partial charge in [0.15, 0.2) is 0 Å². The van der Waals surface area contributed by atoms with Gasteiger partial charge in [-0.25, -0.2) is 0 Å². The molecule has 0 aliphatic rings. The Bertz CT molecular complexity index is 1050. The molecule has 0 spiro atoms. The van der Waals surface area contributed by atoms with Gasteiger partial charge in [-0.2, -0.15) is 0 Å². The molecule has 39 heavy (non-hydrogen) atoms. The van der Waals surface area contributed by atoms with E-state index in [1.807, 2.05) is 0 Å². The van der Waals surface area contributed by atoms with Crippen LogP contribution < -0.4 is 0 Å². The van der Waals surface area contributed by atoms with Crippen LogP contribution in [0.1, 0.15) is 22.8 Å². The summed E-state index contributed by atoms with van der Waals surface area (Å²) in [6, 6.07) is 19.7. The van der Waals surface area contributed by atoms with Crippen LogP contribution in [0.2, 0.25) is 0 Å². The topological polar surface area (TPSA) is 265 Å². The van der Waals surface area contributed by atoms with Gasteiger partial charge in [-0.15, -0.1) is 0 Å². The van der Waals surface area contributed by atoms with Crippen molar-refractivity contribution in [3.05, 3.63) is 151 Å². The van der Waals surface area contributed by atoms with Gasteiger partial charge in [-0.1, -0.05) is 24.3 Å². The first-order valence-electron chi connectivity index (χ1n) is 10.1. The molecule has 0 aromatic carbocycles. The number of rotatable bonds is 4. The Balaban J connectivity index is 0.000000572. The minimum absolute atomic E-state index is 0. The van der Waals surface area contributed by atoms with Crippen LogP contribution in [0.15, 0.2) is 97.6 Å². The van der Waals surface area contributed by atoms with E-state index in [1.165, 1.54) is 49.1 Å². The van der Waals surface area contributed by atoms with Crippen molar-refractivity contribution in [2.45, 2.75) is 11.6 Å². The molecule has 4 rings (SSSR count). The first kappa shape index (κ1) is 34.3. The van der Waals surface area contributed by atoms with Crippen molar-refractivity contribution in [1.29, 1.82) is 0 Å². The molecule has 0 radical (unpaired) electrons. The summed E-state index contributed by atoms with van der Waals surface area (Å²) in [5.74, 6) is -4.27. The van der Waals surface area contributed by atoms with Crippen molar-refractivity contribution in [2.75, 3.05) is 0 Å². The zero-order valence-electron chi connectivity index (χ0n) is 19.5. The average molecular weight is 587 g/mol. The fraction of sp³-hybridized carbons (Fsp3) is 0.0909. The Morgan fingerprint density at radius 3 is 0.795 bits per heavy atom. The minimum atomic E-state index is -2.14. The molecule has 0 unspecified atom stereocenters. The third-order valence-corrected chi connectivity index (χ3v) is 4.09. The summed E-state index contributed by atoms with van der Waals surface area (Å²) in [6.07, 6.45) is 6.00. The summed E-state index contributed by atoms with van der Waals surface area (Å²) in [7, 11) is 0. The molecule has 0 fully saturated rings. The number of aliphatic hydroxyl groups is 4. The van der Waals surface area contributed by atoms with Crippen LogP contribution in [-0.4, -0.2) is 50.5 Å². The van der Waals surface area contributed by atoms with Crippen LogP contribution in [0.25, 0.3) is 0 Å². The number of hydrogen-bond acceptors (Lipinski definition) is 14. The van der Waals surface area contributed by atoms with E-state index >= 15 is 0 Å². The number of hydrogen-bond donors (Lipinski definition) is 4. The SMILES string of the molecule is O=[N+]([O-])[O-].O=[N+]([O-])[O-].OC(O)(c1ccccn1)c1ccccn1.OC(O)(c1ccccn1)c1ccccn1.[Ni+2]. The minimum Gasteiger partial charge on any atom is -0.356 e. The Hall–Kier alpha value is -4.67. The molecule has 17 heteroatoms. The summed E-state index contributed by atoms with van der Waals surface area (Å²) in [4.78, 5) is 32.0. The number of nitrogens with zero attached hydrogens (tertiary/aromatic N) is 6.